The lowest BCUT2D eigenvalue weighted by Crippen LogP contribution is -2.42. The molecule has 0 heterocycles. The zero-order valence-corrected chi connectivity index (χ0v) is 10.4. The van der Waals surface area contributed by atoms with Crippen molar-refractivity contribution in [3.05, 3.63) is 29.8 Å². The molecule has 0 fully saturated rings. The maximum Gasteiger partial charge on any atom is 0.233 e. The molecule has 4 nitrogen and oxygen atoms in total. The van der Waals surface area contributed by atoms with Gasteiger partial charge < -0.3 is 10.6 Å². The van der Waals surface area contributed by atoms with Crippen LogP contribution < -0.4 is 10.6 Å². The van der Waals surface area contributed by atoms with E-state index in [-0.39, 0.29) is 5.91 Å². The van der Waals surface area contributed by atoms with E-state index < -0.39 is 5.41 Å². The average molecular weight is 231 g/mol. The fourth-order valence-electron chi connectivity index (χ4n) is 1.42. The van der Waals surface area contributed by atoms with Crippen LogP contribution in [0.4, 0.5) is 5.69 Å². The van der Waals surface area contributed by atoms with Crippen LogP contribution in [0.2, 0.25) is 0 Å². The molecule has 2 N–H and O–H groups in total. The average Bonchev–Trinajstić information content (AvgIpc) is 2.37. The largest absolute Gasteiger partial charge is 0.329 e. The van der Waals surface area contributed by atoms with E-state index in [9.17, 15) is 4.79 Å². The fraction of sp³-hybridized carbons (Fsp3) is 0.385. The second-order valence-corrected chi connectivity index (χ2v) is 4.61. The minimum atomic E-state index is -0.581. The van der Waals surface area contributed by atoms with Crippen molar-refractivity contribution >= 4 is 11.6 Å². The van der Waals surface area contributed by atoms with E-state index in [4.69, 9.17) is 11.0 Å². The summed E-state index contributed by atoms with van der Waals surface area (Å²) >= 11 is 0. The van der Waals surface area contributed by atoms with Gasteiger partial charge in [0, 0.05) is 19.3 Å². The van der Waals surface area contributed by atoms with E-state index in [1.165, 1.54) is 0 Å². The van der Waals surface area contributed by atoms with Gasteiger partial charge in [-0.3, -0.25) is 4.79 Å². The number of anilines is 1. The summed E-state index contributed by atoms with van der Waals surface area (Å²) in [6.45, 7) is 3.93. The van der Waals surface area contributed by atoms with E-state index in [1.807, 2.05) is 19.9 Å². The quantitative estimate of drug-likeness (QED) is 0.857. The van der Waals surface area contributed by atoms with Crippen LogP contribution in [0.3, 0.4) is 0 Å². The van der Waals surface area contributed by atoms with Crippen molar-refractivity contribution in [2.75, 3.05) is 18.5 Å². The van der Waals surface area contributed by atoms with E-state index in [0.717, 1.165) is 5.69 Å². The first kappa shape index (κ1) is 13.2. The van der Waals surface area contributed by atoms with Crippen molar-refractivity contribution < 1.29 is 4.79 Å². The van der Waals surface area contributed by atoms with E-state index in [2.05, 4.69) is 0 Å². The van der Waals surface area contributed by atoms with Crippen LogP contribution >= 0.6 is 0 Å². The van der Waals surface area contributed by atoms with Gasteiger partial charge in [0.05, 0.1) is 17.0 Å². The summed E-state index contributed by atoms with van der Waals surface area (Å²) in [5.41, 5.74) is 6.33. The molecular formula is C13H17N3O. The molecule has 17 heavy (non-hydrogen) atoms. The van der Waals surface area contributed by atoms with Crippen LogP contribution in [0.25, 0.3) is 0 Å². The van der Waals surface area contributed by atoms with Crippen LogP contribution in [-0.2, 0) is 4.79 Å². The van der Waals surface area contributed by atoms with Crippen molar-refractivity contribution in [1.82, 2.24) is 0 Å². The number of amides is 1. The van der Waals surface area contributed by atoms with E-state index >= 15 is 0 Å². The van der Waals surface area contributed by atoms with Gasteiger partial charge in [0.2, 0.25) is 5.91 Å². The summed E-state index contributed by atoms with van der Waals surface area (Å²) in [6.07, 6.45) is 0. The lowest BCUT2D eigenvalue weighted by atomic mass is 9.92. The van der Waals surface area contributed by atoms with Gasteiger partial charge in [0.25, 0.3) is 0 Å². The molecule has 4 heteroatoms. The summed E-state index contributed by atoms with van der Waals surface area (Å²) in [5, 5.41) is 8.70. The molecule has 0 aliphatic rings. The molecule has 0 spiro atoms. The Kier molecular flexibility index (Phi) is 3.87. The van der Waals surface area contributed by atoms with E-state index in [0.29, 0.717) is 12.1 Å². The van der Waals surface area contributed by atoms with Crippen LogP contribution in [0.1, 0.15) is 19.4 Å². The van der Waals surface area contributed by atoms with Gasteiger partial charge in [-0.2, -0.15) is 5.26 Å². The number of nitriles is 1. The van der Waals surface area contributed by atoms with Crippen molar-refractivity contribution in [1.29, 1.82) is 5.26 Å². The van der Waals surface area contributed by atoms with Gasteiger partial charge in [0.1, 0.15) is 0 Å². The molecule has 0 aromatic heterocycles. The third-order valence-electron chi connectivity index (χ3n) is 2.78. The second-order valence-electron chi connectivity index (χ2n) is 4.61. The zero-order valence-electron chi connectivity index (χ0n) is 10.4. The van der Waals surface area contributed by atoms with Crippen molar-refractivity contribution in [2.45, 2.75) is 13.8 Å². The smallest absolute Gasteiger partial charge is 0.233 e. The minimum absolute atomic E-state index is 0.0373. The first-order chi connectivity index (χ1) is 7.92. The van der Waals surface area contributed by atoms with Crippen molar-refractivity contribution in [3.8, 4) is 6.07 Å². The molecule has 0 saturated heterocycles. The topological polar surface area (TPSA) is 70.1 Å². The van der Waals surface area contributed by atoms with Gasteiger partial charge in [-0.05, 0) is 38.1 Å². The Balaban J connectivity index is 2.93. The van der Waals surface area contributed by atoms with E-state index in [1.54, 1.807) is 36.2 Å². The molecule has 1 rings (SSSR count). The molecule has 0 bridgehead atoms. The molecule has 0 unspecified atom stereocenters. The third kappa shape index (κ3) is 2.83. The Hall–Kier alpha value is -1.86. The van der Waals surface area contributed by atoms with Crippen LogP contribution in [0.15, 0.2) is 24.3 Å². The number of nitrogens with two attached hydrogens (primary N) is 1. The molecule has 1 amide bonds. The highest BCUT2D eigenvalue weighted by Crippen LogP contribution is 2.21. The molecule has 0 atom stereocenters. The van der Waals surface area contributed by atoms with Gasteiger partial charge in [0.15, 0.2) is 0 Å². The number of carbonyl (C=O) groups excluding carboxylic acids is 1. The second kappa shape index (κ2) is 4.98. The predicted octanol–water partition coefficient (Wildman–Crippen LogP) is 1.51. The molecular weight excluding hydrogens is 214 g/mol. The predicted molar refractivity (Wildman–Crippen MR) is 67.4 cm³/mol. The third-order valence-corrected chi connectivity index (χ3v) is 2.78. The van der Waals surface area contributed by atoms with Crippen LogP contribution in [0.5, 0.6) is 0 Å². The Morgan fingerprint density at radius 1 is 1.41 bits per heavy atom. The number of nitrogens with zero attached hydrogens (tertiary/aromatic N) is 2. The van der Waals surface area contributed by atoms with Gasteiger partial charge in [-0.1, -0.05) is 0 Å². The van der Waals surface area contributed by atoms with Gasteiger partial charge >= 0.3 is 0 Å². The number of hydrogen-bond acceptors (Lipinski definition) is 3. The molecule has 1 aromatic rings. The highest BCUT2D eigenvalue weighted by atomic mass is 16.2. The monoisotopic (exact) mass is 231 g/mol. The first-order valence-electron chi connectivity index (χ1n) is 5.41. The Morgan fingerprint density at radius 3 is 2.35 bits per heavy atom. The number of carbonyl (C=O) groups is 1. The summed E-state index contributed by atoms with van der Waals surface area (Å²) in [5.74, 6) is -0.0373. The molecule has 1 aromatic carbocycles. The Labute approximate surface area is 102 Å². The highest BCUT2D eigenvalue weighted by molar-refractivity contribution is 5.96. The van der Waals surface area contributed by atoms with Crippen molar-refractivity contribution in [2.24, 2.45) is 11.1 Å². The maximum absolute atomic E-state index is 12.1. The number of hydrogen-bond donors (Lipinski definition) is 1. The van der Waals surface area contributed by atoms with Gasteiger partial charge in [-0.25, -0.2) is 0 Å². The Morgan fingerprint density at radius 2 is 1.94 bits per heavy atom. The SMILES string of the molecule is CN(C(=O)C(C)(C)CN)c1ccc(C#N)cc1. The maximum atomic E-state index is 12.1. The minimum Gasteiger partial charge on any atom is -0.329 e. The first-order valence-corrected chi connectivity index (χ1v) is 5.41. The lowest BCUT2D eigenvalue weighted by Gasteiger charge is -2.28. The van der Waals surface area contributed by atoms with Crippen LogP contribution in [0, 0.1) is 16.7 Å². The highest BCUT2D eigenvalue weighted by Gasteiger charge is 2.29. The Bertz CT molecular complexity index is 443. The molecule has 0 aliphatic heterocycles. The fourth-order valence-corrected chi connectivity index (χ4v) is 1.42. The zero-order chi connectivity index (χ0) is 13.1. The van der Waals surface area contributed by atoms with Crippen molar-refractivity contribution in [3.63, 3.8) is 0 Å². The summed E-state index contributed by atoms with van der Waals surface area (Å²) in [7, 11) is 1.71. The number of benzene rings is 1. The molecule has 0 radical (unpaired) electrons. The number of rotatable bonds is 3. The molecule has 0 aliphatic carbocycles. The van der Waals surface area contributed by atoms with Crippen LogP contribution in [-0.4, -0.2) is 19.5 Å². The summed E-state index contributed by atoms with van der Waals surface area (Å²) in [4.78, 5) is 13.7. The molecule has 90 valence electrons. The standard InChI is InChI=1S/C13H17N3O/c1-13(2,9-15)12(17)16(3)11-6-4-10(8-14)5-7-11/h4-7H,9,15H2,1-3H3. The normalized spacial score (nSPS) is 10.8. The summed E-state index contributed by atoms with van der Waals surface area (Å²) < 4.78 is 0. The molecule has 0 saturated carbocycles. The van der Waals surface area contributed by atoms with Gasteiger partial charge in [-0.15, -0.1) is 0 Å². The summed E-state index contributed by atoms with van der Waals surface area (Å²) in [6, 6.07) is 8.92. The lowest BCUT2D eigenvalue weighted by molar-refractivity contribution is -0.125.